The quantitative estimate of drug-likeness (QED) is 0.799. The average Bonchev–Trinajstić information content (AvgIpc) is 2.15. The van der Waals surface area contributed by atoms with Crippen molar-refractivity contribution in [2.24, 2.45) is 0 Å². The highest BCUT2D eigenvalue weighted by Crippen LogP contribution is 2.20. The predicted molar refractivity (Wildman–Crippen MR) is 72.0 cm³/mol. The maximum Gasteiger partial charge on any atom is 0.148 e. The van der Waals surface area contributed by atoms with Gasteiger partial charge in [0.05, 0.1) is 5.75 Å². The molecule has 5 heteroatoms. The molecular formula is C12H26N2O2S. The maximum atomic E-state index is 11.3. The Kier molecular flexibility index (Phi) is 5.41. The summed E-state index contributed by atoms with van der Waals surface area (Å²) in [6, 6.07) is 1.18. The van der Waals surface area contributed by atoms with Gasteiger partial charge in [-0.05, 0) is 33.2 Å². The van der Waals surface area contributed by atoms with Crippen LogP contribution < -0.4 is 5.32 Å². The molecule has 0 aromatic carbocycles. The first kappa shape index (κ1) is 14.9. The fourth-order valence-corrected chi connectivity index (χ4v) is 3.92. The highest BCUT2D eigenvalue weighted by Gasteiger charge is 2.29. The number of hydrogen-bond donors (Lipinski definition) is 1. The third-order valence-electron chi connectivity index (χ3n) is 3.53. The molecule has 0 saturated carbocycles. The van der Waals surface area contributed by atoms with E-state index < -0.39 is 9.84 Å². The summed E-state index contributed by atoms with van der Waals surface area (Å²) in [4.78, 5) is 2.33. The molecule has 1 aliphatic heterocycles. The van der Waals surface area contributed by atoms with Crippen molar-refractivity contribution in [1.82, 2.24) is 10.2 Å². The zero-order valence-corrected chi connectivity index (χ0v) is 12.3. The third kappa shape index (κ3) is 4.94. The van der Waals surface area contributed by atoms with Crippen molar-refractivity contribution in [3.05, 3.63) is 0 Å². The van der Waals surface area contributed by atoms with Gasteiger partial charge in [-0.25, -0.2) is 8.42 Å². The van der Waals surface area contributed by atoms with Crippen molar-refractivity contribution in [3.63, 3.8) is 0 Å². The Bertz CT molecular complexity index is 329. The second-order valence-electron chi connectivity index (χ2n) is 5.31. The summed E-state index contributed by atoms with van der Waals surface area (Å²) in [5.41, 5.74) is 0. The second-order valence-corrected chi connectivity index (χ2v) is 7.49. The normalized spacial score (nSPS) is 29.2. The van der Waals surface area contributed by atoms with Crippen LogP contribution in [0.5, 0.6) is 0 Å². The number of piperidine rings is 1. The number of rotatable bonds is 5. The van der Waals surface area contributed by atoms with E-state index in [1.165, 1.54) is 6.26 Å². The lowest BCUT2D eigenvalue weighted by Gasteiger charge is -2.41. The van der Waals surface area contributed by atoms with Gasteiger partial charge in [0.15, 0.2) is 0 Å². The van der Waals surface area contributed by atoms with Gasteiger partial charge < -0.3 is 5.32 Å². The van der Waals surface area contributed by atoms with Gasteiger partial charge in [0, 0.05) is 30.9 Å². The number of nitrogens with zero attached hydrogens (tertiary/aromatic N) is 1. The molecule has 102 valence electrons. The number of hydrogen-bond acceptors (Lipinski definition) is 4. The van der Waals surface area contributed by atoms with Crippen molar-refractivity contribution < 1.29 is 8.42 Å². The number of likely N-dealkylation sites (tertiary alicyclic amines) is 1. The van der Waals surface area contributed by atoms with Crippen molar-refractivity contribution >= 4 is 9.84 Å². The van der Waals surface area contributed by atoms with Crippen LogP contribution in [-0.2, 0) is 9.84 Å². The highest BCUT2D eigenvalue weighted by atomic mass is 32.2. The number of sulfone groups is 1. The standard InChI is InChI=1S/C12H26N2O2S/c1-5-13-12-6-7-14(10(2)8-12)11(3)9-17(4,15)16/h10-13H,5-9H2,1-4H3. The lowest BCUT2D eigenvalue weighted by Crippen LogP contribution is -2.52. The third-order valence-corrected chi connectivity index (χ3v) is 4.62. The summed E-state index contributed by atoms with van der Waals surface area (Å²) in [6.07, 6.45) is 3.55. The van der Waals surface area contributed by atoms with Gasteiger partial charge in [-0.1, -0.05) is 6.92 Å². The van der Waals surface area contributed by atoms with Crippen LogP contribution in [0.15, 0.2) is 0 Å². The molecule has 0 radical (unpaired) electrons. The minimum atomic E-state index is -2.88. The van der Waals surface area contributed by atoms with Gasteiger partial charge >= 0.3 is 0 Å². The smallest absolute Gasteiger partial charge is 0.148 e. The van der Waals surface area contributed by atoms with Crippen LogP contribution in [0.4, 0.5) is 0 Å². The molecule has 0 amide bonds. The first-order valence-electron chi connectivity index (χ1n) is 6.50. The van der Waals surface area contributed by atoms with E-state index in [0.29, 0.717) is 12.1 Å². The molecule has 3 unspecified atom stereocenters. The van der Waals surface area contributed by atoms with E-state index in [2.05, 4.69) is 24.1 Å². The molecule has 1 saturated heterocycles. The largest absolute Gasteiger partial charge is 0.314 e. The Labute approximate surface area is 106 Å². The Morgan fingerprint density at radius 1 is 1.47 bits per heavy atom. The minimum Gasteiger partial charge on any atom is -0.314 e. The highest BCUT2D eigenvalue weighted by molar-refractivity contribution is 7.90. The van der Waals surface area contributed by atoms with Crippen LogP contribution in [0.3, 0.4) is 0 Å². The first-order valence-corrected chi connectivity index (χ1v) is 8.56. The molecule has 0 spiro atoms. The molecule has 3 atom stereocenters. The van der Waals surface area contributed by atoms with E-state index in [-0.39, 0.29) is 11.8 Å². The Balaban J connectivity index is 2.51. The average molecular weight is 262 g/mol. The second kappa shape index (κ2) is 6.16. The zero-order valence-electron chi connectivity index (χ0n) is 11.4. The topological polar surface area (TPSA) is 49.4 Å². The van der Waals surface area contributed by atoms with Gasteiger partial charge in [-0.3, -0.25) is 4.90 Å². The molecule has 1 fully saturated rings. The lowest BCUT2D eigenvalue weighted by molar-refractivity contribution is 0.105. The molecular weight excluding hydrogens is 236 g/mol. The summed E-state index contributed by atoms with van der Waals surface area (Å²) in [5, 5.41) is 3.48. The van der Waals surface area contributed by atoms with E-state index in [9.17, 15) is 8.42 Å². The molecule has 1 heterocycles. The van der Waals surface area contributed by atoms with E-state index in [0.717, 1.165) is 25.9 Å². The molecule has 17 heavy (non-hydrogen) atoms. The molecule has 0 aromatic heterocycles. The molecule has 1 aliphatic rings. The zero-order chi connectivity index (χ0) is 13.1. The van der Waals surface area contributed by atoms with Gasteiger partial charge in [0.1, 0.15) is 9.84 Å². The van der Waals surface area contributed by atoms with Crippen molar-refractivity contribution in [2.75, 3.05) is 25.1 Å². The minimum absolute atomic E-state index is 0.127. The van der Waals surface area contributed by atoms with Gasteiger partial charge in [0.2, 0.25) is 0 Å². The van der Waals surface area contributed by atoms with E-state index in [1.807, 2.05) is 6.92 Å². The fraction of sp³-hybridized carbons (Fsp3) is 1.00. The monoisotopic (exact) mass is 262 g/mol. The van der Waals surface area contributed by atoms with Crippen molar-refractivity contribution in [1.29, 1.82) is 0 Å². The summed E-state index contributed by atoms with van der Waals surface area (Å²) >= 11 is 0. The summed E-state index contributed by atoms with van der Waals surface area (Å²) in [6.45, 7) is 8.35. The van der Waals surface area contributed by atoms with Crippen molar-refractivity contribution in [2.45, 2.75) is 51.7 Å². The molecule has 0 aromatic rings. The van der Waals surface area contributed by atoms with Gasteiger partial charge in [-0.2, -0.15) is 0 Å². The first-order chi connectivity index (χ1) is 7.83. The van der Waals surface area contributed by atoms with Crippen LogP contribution in [0.1, 0.15) is 33.6 Å². The van der Waals surface area contributed by atoms with Crippen LogP contribution in [0.2, 0.25) is 0 Å². The summed E-state index contributed by atoms with van der Waals surface area (Å²) in [5.74, 6) is 0.267. The fourth-order valence-electron chi connectivity index (χ4n) is 2.85. The Morgan fingerprint density at radius 3 is 2.59 bits per heavy atom. The van der Waals surface area contributed by atoms with E-state index in [1.54, 1.807) is 0 Å². The van der Waals surface area contributed by atoms with Crippen LogP contribution >= 0.6 is 0 Å². The molecule has 0 aliphatic carbocycles. The lowest BCUT2D eigenvalue weighted by atomic mass is 9.97. The molecule has 1 rings (SSSR count). The Morgan fingerprint density at radius 2 is 2.12 bits per heavy atom. The molecule has 0 bridgehead atoms. The SMILES string of the molecule is CCNC1CCN(C(C)CS(C)(=O)=O)C(C)C1. The van der Waals surface area contributed by atoms with E-state index >= 15 is 0 Å². The summed E-state index contributed by atoms with van der Waals surface area (Å²) in [7, 11) is -2.88. The summed E-state index contributed by atoms with van der Waals surface area (Å²) < 4.78 is 22.6. The van der Waals surface area contributed by atoms with Gasteiger partial charge in [-0.15, -0.1) is 0 Å². The number of nitrogens with one attached hydrogen (secondary N) is 1. The predicted octanol–water partition coefficient (Wildman–Crippen LogP) is 0.882. The van der Waals surface area contributed by atoms with Crippen LogP contribution in [0.25, 0.3) is 0 Å². The van der Waals surface area contributed by atoms with E-state index in [4.69, 9.17) is 0 Å². The molecule has 4 nitrogen and oxygen atoms in total. The maximum absolute atomic E-state index is 11.3. The van der Waals surface area contributed by atoms with Crippen molar-refractivity contribution in [3.8, 4) is 0 Å². The van der Waals surface area contributed by atoms with Crippen LogP contribution in [-0.4, -0.2) is 56.5 Å². The Hall–Kier alpha value is -0.130. The molecule has 1 N–H and O–H groups in total. The van der Waals surface area contributed by atoms with Gasteiger partial charge in [0.25, 0.3) is 0 Å². The van der Waals surface area contributed by atoms with Crippen LogP contribution in [0, 0.1) is 0 Å².